The van der Waals surface area contributed by atoms with Gasteiger partial charge in [-0.1, -0.05) is 0 Å². The number of aromatic nitrogens is 3. The average Bonchev–Trinajstić information content (AvgIpc) is 2.57. The zero-order chi connectivity index (χ0) is 12.7. The van der Waals surface area contributed by atoms with E-state index >= 15 is 0 Å². The van der Waals surface area contributed by atoms with Crippen molar-refractivity contribution < 1.29 is 0 Å². The van der Waals surface area contributed by atoms with Gasteiger partial charge < -0.3 is 5.32 Å². The number of hydrogen-bond donors (Lipinski definition) is 1. The molecule has 2 aromatic heterocycles. The van der Waals surface area contributed by atoms with Crippen molar-refractivity contribution in [2.24, 2.45) is 0 Å². The van der Waals surface area contributed by atoms with E-state index < -0.39 is 0 Å². The molecule has 1 aliphatic rings. The number of fused-ring (bicyclic) bond motifs is 1. The molecule has 18 heavy (non-hydrogen) atoms. The van der Waals surface area contributed by atoms with Crippen molar-refractivity contribution in [3.8, 4) is 0 Å². The van der Waals surface area contributed by atoms with Gasteiger partial charge in [0, 0.05) is 43.3 Å². The van der Waals surface area contributed by atoms with Crippen LogP contribution in [0.5, 0.6) is 0 Å². The molecule has 3 rings (SSSR count). The van der Waals surface area contributed by atoms with Gasteiger partial charge in [0.05, 0.1) is 5.69 Å². The Hall–Kier alpha value is -1.46. The Bertz CT molecular complexity index is 570. The second kappa shape index (κ2) is 4.33. The monoisotopic (exact) mass is 245 g/mol. The molecule has 0 amide bonds. The van der Waals surface area contributed by atoms with E-state index in [1.54, 1.807) is 0 Å². The maximum Gasteiger partial charge on any atom is 0.234 e. The van der Waals surface area contributed by atoms with Gasteiger partial charge >= 0.3 is 0 Å². The van der Waals surface area contributed by atoms with Crippen LogP contribution in [0.2, 0.25) is 0 Å². The zero-order valence-corrected chi connectivity index (χ0v) is 11.1. The molecule has 2 aromatic rings. The van der Waals surface area contributed by atoms with E-state index in [9.17, 15) is 0 Å². The Kier molecular flexibility index (Phi) is 2.80. The van der Waals surface area contributed by atoms with Crippen molar-refractivity contribution in [1.82, 2.24) is 24.6 Å². The SMILES string of the molecule is Cc1cc(C)n2cc(CN(C)C3CNC3)nc2n1. The Balaban J connectivity index is 1.86. The van der Waals surface area contributed by atoms with Crippen LogP contribution in [0.4, 0.5) is 0 Å². The van der Waals surface area contributed by atoms with Crippen molar-refractivity contribution in [1.29, 1.82) is 0 Å². The van der Waals surface area contributed by atoms with E-state index in [1.165, 1.54) is 5.69 Å². The standard InChI is InChI=1S/C13H19N5/c1-9-4-10(2)18-8-11(16-13(18)15-9)7-17(3)12-5-14-6-12/h4,8,12,14H,5-7H2,1-3H3. The van der Waals surface area contributed by atoms with Crippen molar-refractivity contribution >= 4 is 5.78 Å². The van der Waals surface area contributed by atoms with Crippen LogP contribution < -0.4 is 5.32 Å². The number of imidazole rings is 1. The lowest BCUT2D eigenvalue weighted by molar-refractivity contribution is 0.171. The summed E-state index contributed by atoms with van der Waals surface area (Å²) in [5.41, 5.74) is 3.29. The van der Waals surface area contributed by atoms with Gasteiger partial charge in [0.2, 0.25) is 5.78 Å². The molecule has 0 spiro atoms. The topological polar surface area (TPSA) is 45.5 Å². The van der Waals surface area contributed by atoms with Crippen LogP contribution in [-0.2, 0) is 6.54 Å². The predicted octanol–water partition coefficient (Wildman–Crippen LogP) is 0.750. The molecule has 1 saturated heterocycles. The van der Waals surface area contributed by atoms with E-state index in [2.05, 4.69) is 50.8 Å². The lowest BCUT2D eigenvalue weighted by atomic mass is 10.1. The summed E-state index contributed by atoms with van der Waals surface area (Å²) in [5, 5.41) is 3.29. The Morgan fingerprint density at radius 2 is 2.17 bits per heavy atom. The fourth-order valence-electron chi connectivity index (χ4n) is 2.36. The molecule has 0 atom stereocenters. The van der Waals surface area contributed by atoms with Crippen molar-refractivity contribution in [3.63, 3.8) is 0 Å². The number of nitrogens with zero attached hydrogens (tertiary/aromatic N) is 4. The number of hydrogen-bond acceptors (Lipinski definition) is 4. The molecule has 5 nitrogen and oxygen atoms in total. The Morgan fingerprint density at radius 1 is 1.39 bits per heavy atom. The number of nitrogens with one attached hydrogen (secondary N) is 1. The first-order valence-corrected chi connectivity index (χ1v) is 6.36. The third-order valence-electron chi connectivity index (χ3n) is 3.61. The van der Waals surface area contributed by atoms with Crippen molar-refractivity contribution in [2.75, 3.05) is 20.1 Å². The molecule has 5 heteroatoms. The van der Waals surface area contributed by atoms with Gasteiger partial charge in [0.15, 0.2) is 0 Å². The Morgan fingerprint density at radius 3 is 2.83 bits per heavy atom. The summed E-state index contributed by atoms with van der Waals surface area (Å²) in [4.78, 5) is 11.4. The third-order valence-corrected chi connectivity index (χ3v) is 3.61. The zero-order valence-electron chi connectivity index (χ0n) is 11.1. The van der Waals surface area contributed by atoms with Gasteiger partial charge in [-0.25, -0.2) is 9.97 Å². The van der Waals surface area contributed by atoms with Gasteiger partial charge in [-0.3, -0.25) is 9.30 Å². The third kappa shape index (κ3) is 2.00. The summed E-state index contributed by atoms with van der Waals surface area (Å²) in [6.45, 7) is 7.15. The van der Waals surface area contributed by atoms with E-state index in [-0.39, 0.29) is 0 Å². The van der Waals surface area contributed by atoms with Gasteiger partial charge in [-0.15, -0.1) is 0 Å². The first-order chi connectivity index (χ1) is 8.63. The maximum absolute atomic E-state index is 4.60. The van der Waals surface area contributed by atoms with Gasteiger partial charge in [-0.2, -0.15) is 0 Å². The van der Waals surface area contributed by atoms with Gasteiger partial charge in [-0.05, 0) is 27.0 Å². The minimum absolute atomic E-state index is 0.644. The summed E-state index contributed by atoms with van der Waals surface area (Å²) < 4.78 is 2.06. The second-order valence-corrected chi connectivity index (χ2v) is 5.17. The lowest BCUT2D eigenvalue weighted by Gasteiger charge is -2.35. The molecule has 1 aliphatic heterocycles. The van der Waals surface area contributed by atoms with Crippen LogP contribution in [0.3, 0.4) is 0 Å². The molecule has 0 saturated carbocycles. The largest absolute Gasteiger partial charge is 0.314 e. The molecule has 1 fully saturated rings. The number of rotatable bonds is 3. The smallest absolute Gasteiger partial charge is 0.234 e. The Labute approximate surface area is 107 Å². The molecular formula is C13H19N5. The van der Waals surface area contributed by atoms with Crippen LogP contribution in [0, 0.1) is 13.8 Å². The normalized spacial score (nSPS) is 16.4. The molecule has 0 aliphatic carbocycles. The highest BCUT2D eigenvalue weighted by atomic mass is 15.2. The highest BCUT2D eigenvalue weighted by Gasteiger charge is 2.22. The summed E-state index contributed by atoms with van der Waals surface area (Å²) >= 11 is 0. The van der Waals surface area contributed by atoms with E-state index in [0.717, 1.165) is 36.8 Å². The fraction of sp³-hybridized carbons (Fsp3) is 0.538. The van der Waals surface area contributed by atoms with Crippen molar-refractivity contribution in [2.45, 2.75) is 26.4 Å². The quantitative estimate of drug-likeness (QED) is 0.867. The summed E-state index contributed by atoms with van der Waals surface area (Å²) in [6.07, 6.45) is 2.10. The van der Waals surface area contributed by atoms with E-state index in [1.807, 2.05) is 6.92 Å². The second-order valence-electron chi connectivity index (χ2n) is 5.17. The molecular weight excluding hydrogens is 226 g/mol. The summed E-state index contributed by atoms with van der Waals surface area (Å²) in [5.74, 6) is 0.808. The van der Waals surface area contributed by atoms with Crippen LogP contribution in [0.15, 0.2) is 12.3 Å². The number of aryl methyl sites for hydroxylation is 2. The van der Waals surface area contributed by atoms with E-state index in [4.69, 9.17) is 0 Å². The minimum atomic E-state index is 0.644. The molecule has 0 unspecified atom stereocenters. The van der Waals surface area contributed by atoms with Crippen LogP contribution in [0.1, 0.15) is 17.1 Å². The molecule has 3 heterocycles. The fourth-order valence-corrected chi connectivity index (χ4v) is 2.36. The highest BCUT2D eigenvalue weighted by Crippen LogP contribution is 2.12. The minimum Gasteiger partial charge on any atom is -0.314 e. The molecule has 0 aromatic carbocycles. The predicted molar refractivity (Wildman–Crippen MR) is 70.6 cm³/mol. The molecule has 96 valence electrons. The lowest BCUT2D eigenvalue weighted by Crippen LogP contribution is -2.55. The molecule has 0 radical (unpaired) electrons. The molecule has 0 bridgehead atoms. The van der Waals surface area contributed by atoms with Crippen LogP contribution >= 0.6 is 0 Å². The van der Waals surface area contributed by atoms with Gasteiger partial charge in [0.25, 0.3) is 0 Å². The van der Waals surface area contributed by atoms with Crippen molar-refractivity contribution in [3.05, 3.63) is 29.3 Å². The van der Waals surface area contributed by atoms with E-state index in [0.29, 0.717) is 6.04 Å². The molecule has 1 N–H and O–H groups in total. The average molecular weight is 245 g/mol. The van der Waals surface area contributed by atoms with Crippen LogP contribution in [0.25, 0.3) is 5.78 Å². The first kappa shape index (κ1) is 11.6. The maximum atomic E-state index is 4.60. The van der Waals surface area contributed by atoms with Crippen LogP contribution in [-0.4, -0.2) is 45.4 Å². The van der Waals surface area contributed by atoms with Gasteiger partial charge in [0.1, 0.15) is 0 Å². The highest BCUT2D eigenvalue weighted by molar-refractivity contribution is 5.34. The summed E-state index contributed by atoms with van der Waals surface area (Å²) in [7, 11) is 2.15. The first-order valence-electron chi connectivity index (χ1n) is 6.36. The summed E-state index contributed by atoms with van der Waals surface area (Å²) in [6, 6.07) is 2.73. The number of likely N-dealkylation sites (N-methyl/N-ethyl adjacent to an activating group) is 1.